The van der Waals surface area contributed by atoms with E-state index in [1.54, 1.807) is 17.7 Å². The normalized spacial score (nSPS) is 10.9. The SMILES string of the molecule is CCc1cc2c(NCCCCl)ncnc2s1. The fourth-order valence-electron chi connectivity index (χ4n) is 1.49. The van der Waals surface area contributed by atoms with Crippen molar-refractivity contribution in [1.82, 2.24) is 9.97 Å². The molecule has 0 radical (unpaired) electrons. The number of aryl methyl sites for hydroxylation is 1. The summed E-state index contributed by atoms with van der Waals surface area (Å²) in [5, 5.41) is 4.42. The molecule has 2 aromatic heterocycles. The van der Waals surface area contributed by atoms with Crippen molar-refractivity contribution < 1.29 is 0 Å². The summed E-state index contributed by atoms with van der Waals surface area (Å²) >= 11 is 7.38. The molecule has 16 heavy (non-hydrogen) atoms. The van der Waals surface area contributed by atoms with Crippen LogP contribution in [0.25, 0.3) is 10.2 Å². The molecule has 0 aromatic carbocycles. The highest BCUT2D eigenvalue weighted by Crippen LogP contribution is 2.28. The third-order valence-electron chi connectivity index (χ3n) is 2.33. The Balaban J connectivity index is 2.26. The molecule has 2 heterocycles. The van der Waals surface area contributed by atoms with E-state index in [0.717, 1.165) is 35.4 Å². The van der Waals surface area contributed by atoms with Gasteiger partial charge >= 0.3 is 0 Å². The van der Waals surface area contributed by atoms with Gasteiger partial charge in [0.2, 0.25) is 0 Å². The van der Waals surface area contributed by atoms with Gasteiger partial charge in [0.15, 0.2) is 0 Å². The zero-order chi connectivity index (χ0) is 11.4. The summed E-state index contributed by atoms with van der Waals surface area (Å²) in [6.45, 7) is 3.01. The van der Waals surface area contributed by atoms with E-state index in [-0.39, 0.29) is 0 Å². The largest absolute Gasteiger partial charge is 0.369 e. The Labute approximate surface area is 104 Å². The first-order valence-corrected chi connectivity index (χ1v) is 6.73. The molecule has 0 aliphatic rings. The molecule has 3 nitrogen and oxygen atoms in total. The molecule has 0 amide bonds. The van der Waals surface area contributed by atoms with Crippen molar-refractivity contribution >= 4 is 39.0 Å². The second kappa shape index (κ2) is 5.46. The second-order valence-corrected chi connectivity index (χ2v) is 4.97. The zero-order valence-corrected chi connectivity index (χ0v) is 10.7. The van der Waals surface area contributed by atoms with Crippen molar-refractivity contribution in [3.05, 3.63) is 17.3 Å². The number of fused-ring (bicyclic) bond motifs is 1. The van der Waals surface area contributed by atoms with Crippen LogP contribution in [0.1, 0.15) is 18.2 Å². The molecule has 0 spiro atoms. The van der Waals surface area contributed by atoms with Crippen LogP contribution in [-0.4, -0.2) is 22.4 Å². The van der Waals surface area contributed by atoms with Crippen LogP contribution in [0.2, 0.25) is 0 Å². The summed E-state index contributed by atoms with van der Waals surface area (Å²) in [6.07, 6.45) is 3.60. The van der Waals surface area contributed by atoms with E-state index in [9.17, 15) is 0 Å². The number of nitrogens with one attached hydrogen (secondary N) is 1. The van der Waals surface area contributed by atoms with Gasteiger partial charge in [-0.2, -0.15) is 0 Å². The van der Waals surface area contributed by atoms with Crippen LogP contribution in [0.4, 0.5) is 5.82 Å². The van der Waals surface area contributed by atoms with Crippen LogP contribution in [0.15, 0.2) is 12.4 Å². The number of hydrogen-bond donors (Lipinski definition) is 1. The monoisotopic (exact) mass is 255 g/mol. The number of hydrogen-bond acceptors (Lipinski definition) is 4. The van der Waals surface area contributed by atoms with Crippen LogP contribution in [0.5, 0.6) is 0 Å². The van der Waals surface area contributed by atoms with Gasteiger partial charge < -0.3 is 5.32 Å². The van der Waals surface area contributed by atoms with Gasteiger partial charge in [0.05, 0.1) is 5.39 Å². The lowest BCUT2D eigenvalue weighted by molar-refractivity contribution is 0.977. The molecule has 0 saturated heterocycles. The van der Waals surface area contributed by atoms with Gasteiger partial charge in [-0.15, -0.1) is 22.9 Å². The summed E-state index contributed by atoms with van der Waals surface area (Å²) in [5.41, 5.74) is 0. The van der Waals surface area contributed by atoms with Crippen molar-refractivity contribution in [2.24, 2.45) is 0 Å². The first-order chi connectivity index (χ1) is 7.85. The molecule has 2 rings (SSSR count). The molecule has 0 fully saturated rings. The van der Waals surface area contributed by atoms with Gasteiger partial charge in [-0.05, 0) is 18.9 Å². The van der Waals surface area contributed by atoms with Crippen molar-refractivity contribution in [2.45, 2.75) is 19.8 Å². The molecule has 86 valence electrons. The van der Waals surface area contributed by atoms with E-state index < -0.39 is 0 Å². The topological polar surface area (TPSA) is 37.8 Å². The van der Waals surface area contributed by atoms with Gasteiger partial charge in [0.25, 0.3) is 0 Å². The van der Waals surface area contributed by atoms with E-state index >= 15 is 0 Å². The Morgan fingerprint density at radius 3 is 3.06 bits per heavy atom. The molecule has 0 saturated carbocycles. The van der Waals surface area contributed by atoms with Crippen molar-refractivity contribution in [1.29, 1.82) is 0 Å². The highest BCUT2D eigenvalue weighted by molar-refractivity contribution is 7.18. The van der Waals surface area contributed by atoms with Crippen LogP contribution in [0.3, 0.4) is 0 Å². The van der Waals surface area contributed by atoms with Crippen molar-refractivity contribution in [2.75, 3.05) is 17.7 Å². The Bertz CT molecular complexity index is 469. The zero-order valence-electron chi connectivity index (χ0n) is 9.16. The van der Waals surface area contributed by atoms with Crippen molar-refractivity contribution in [3.63, 3.8) is 0 Å². The van der Waals surface area contributed by atoms with Crippen LogP contribution >= 0.6 is 22.9 Å². The lowest BCUT2D eigenvalue weighted by atomic mass is 10.3. The molecule has 0 bridgehead atoms. The molecule has 1 N–H and O–H groups in total. The Kier molecular flexibility index (Phi) is 3.96. The van der Waals surface area contributed by atoms with Gasteiger partial charge in [0, 0.05) is 17.3 Å². The Hall–Kier alpha value is -0.870. The van der Waals surface area contributed by atoms with E-state index in [2.05, 4.69) is 28.3 Å². The average molecular weight is 256 g/mol. The average Bonchev–Trinajstić information content (AvgIpc) is 2.73. The molecular formula is C11H14ClN3S. The predicted octanol–water partition coefficient (Wildman–Crippen LogP) is 3.29. The molecule has 0 aliphatic carbocycles. The van der Waals surface area contributed by atoms with E-state index in [4.69, 9.17) is 11.6 Å². The highest BCUT2D eigenvalue weighted by atomic mass is 35.5. The van der Waals surface area contributed by atoms with Crippen LogP contribution < -0.4 is 5.32 Å². The standard InChI is InChI=1S/C11H14ClN3S/c1-2-8-6-9-10(13-5-3-4-12)14-7-15-11(9)16-8/h6-7H,2-5H2,1H3,(H,13,14,15). The van der Waals surface area contributed by atoms with Gasteiger partial charge in [0.1, 0.15) is 17.0 Å². The first-order valence-electron chi connectivity index (χ1n) is 5.38. The van der Waals surface area contributed by atoms with E-state index in [1.165, 1.54) is 4.88 Å². The maximum absolute atomic E-state index is 5.64. The minimum Gasteiger partial charge on any atom is -0.369 e. The molecule has 0 atom stereocenters. The summed E-state index contributed by atoms with van der Waals surface area (Å²) in [4.78, 5) is 10.9. The quantitative estimate of drug-likeness (QED) is 0.658. The summed E-state index contributed by atoms with van der Waals surface area (Å²) in [7, 11) is 0. The molecule has 0 aliphatic heterocycles. The van der Waals surface area contributed by atoms with E-state index in [1.807, 2.05) is 0 Å². The molecular weight excluding hydrogens is 242 g/mol. The fourth-order valence-corrected chi connectivity index (χ4v) is 2.56. The minimum atomic E-state index is 0.672. The minimum absolute atomic E-state index is 0.672. The maximum Gasteiger partial charge on any atom is 0.138 e. The number of rotatable bonds is 5. The molecule has 2 aromatic rings. The fraction of sp³-hybridized carbons (Fsp3) is 0.455. The molecule has 5 heteroatoms. The van der Waals surface area contributed by atoms with Gasteiger partial charge in [-0.3, -0.25) is 0 Å². The summed E-state index contributed by atoms with van der Waals surface area (Å²) in [6, 6.07) is 2.17. The number of thiophene rings is 1. The Morgan fingerprint density at radius 2 is 2.31 bits per heavy atom. The third-order valence-corrected chi connectivity index (χ3v) is 3.79. The van der Waals surface area contributed by atoms with Crippen LogP contribution in [-0.2, 0) is 6.42 Å². The number of alkyl halides is 1. The Morgan fingerprint density at radius 1 is 1.44 bits per heavy atom. The third kappa shape index (κ3) is 2.44. The van der Waals surface area contributed by atoms with Gasteiger partial charge in [-0.1, -0.05) is 6.92 Å². The maximum atomic E-state index is 5.64. The van der Waals surface area contributed by atoms with Crippen LogP contribution in [0, 0.1) is 0 Å². The van der Waals surface area contributed by atoms with Crippen molar-refractivity contribution in [3.8, 4) is 0 Å². The number of anilines is 1. The number of halogens is 1. The number of aromatic nitrogens is 2. The van der Waals surface area contributed by atoms with Gasteiger partial charge in [-0.25, -0.2) is 9.97 Å². The summed E-state index contributed by atoms with van der Waals surface area (Å²) in [5.74, 6) is 1.59. The predicted molar refractivity (Wildman–Crippen MR) is 70.6 cm³/mol. The summed E-state index contributed by atoms with van der Waals surface area (Å²) < 4.78 is 0. The van der Waals surface area contributed by atoms with E-state index in [0.29, 0.717) is 5.88 Å². The smallest absolute Gasteiger partial charge is 0.138 e. The number of nitrogens with zero attached hydrogens (tertiary/aromatic N) is 2. The molecule has 0 unspecified atom stereocenters. The second-order valence-electron chi connectivity index (χ2n) is 3.48. The lowest BCUT2D eigenvalue weighted by Crippen LogP contribution is -2.04. The highest BCUT2D eigenvalue weighted by Gasteiger charge is 2.06. The lowest BCUT2D eigenvalue weighted by Gasteiger charge is -2.04. The first kappa shape index (κ1) is 11.6.